The largest absolute Gasteiger partial charge is 0.325 e. The van der Waals surface area contributed by atoms with Gasteiger partial charge in [-0.3, -0.25) is 14.6 Å². The van der Waals surface area contributed by atoms with Gasteiger partial charge in [-0.15, -0.1) is 0 Å². The molecule has 6 heteroatoms. The van der Waals surface area contributed by atoms with Crippen molar-refractivity contribution in [2.24, 2.45) is 0 Å². The third-order valence-corrected chi connectivity index (χ3v) is 2.57. The van der Waals surface area contributed by atoms with Gasteiger partial charge in [-0.1, -0.05) is 6.07 Å². The average molecular weight is 280 g/mol. The summed E-state index contributed by atoms with van der Waals surface area (Å²) in [5.74, 6) is -0.721. The highest BCUT2D eigenvalue weighted by Crippen LogP contribution is 2.13. The van der Waals surface area contributed by atoms with Crippen molar-refractivity contribution in [1.29, 1.82) is 5.26 Å². The number of aromatic nitrogens is 1. The van der Waals surface area contributed by atoms with Gasteiger partial charge < -0.3 is 10.6 Å². The van der Waals surface area contributed by atoms with Gasteiger partial charge in [0.15, 0.2) is 0 Å². The van der Waals surface area contributed by atoms with Crippen LogP contribution in [0.5, 0.6) is 0 Å². The second-order valence-electron chi connectivity index (χ2n) is 4.16. The van der Waals surface area contributed by atoms with E-state index in [1.165, 1.54) is 6.20 Å². The number of nitrogens with zero attached hydrogens (tertiary/aromatic N) is 2. The maximum atomic E-state index is 12.1. The molecule has 2 amide bonds. The van der Waals surface area contributed by atoms with E-state index in [1.807, 2.05) is 0 Å². The zero-order valence-corrected chi connectivity index (χ0v) is 11.0. The van der Waals surface area contributed by atoms with Gasteiger partial charge in [-0.2, -0.15) is 5.26 Å². The van der Waals surface area contributed by atoms with Crippen molar-refractivity contribution in [2.45, 2.75) is 6.42 Å². The fraction of sp³-hybridized carbons (Fsp3) is 0.0667. The van der Waals surface area contributed by atoms with E-state index in [-0.39, 0.29) is 12.3 Å². The topological polar surface area (TPSA) is 94.9 Å². The molecule has 2 rings (SSSR count). The second kappa shape index (κ2) is 6.82. The minimum Gasteiger partial charge on any atom is -0.325 e. The van der Waals surface area contributed by atoms with Crippen molar-refractivity contribution in [3.8, 4) is 6.07 Å². The Labute approximate surface area is 121 Å². The van der Waals surface area contributed by atoms with E-state index in [0.717, 1.165) is 0 Å². The second-order valence-corrected chi connectivity index (χ2v) is 4.16. The molecular weight excluding hydrogens is 268 g/mol. The van der Waals surface area contributed by atoms with E-state index in [9.17, 15) is 9.59 Å². The van der Waals surface area contributed by atoms with Crippen molar-refractivity contribution in [2.75, 3.05) is 10.6 Å². The molecule has 0 atom stereocenters. The van der Waals surface area contributed by atoms with Gasteiger partial charge in [0.2, 0.25) is 5.91 Å². The van der Waals surface area contributed by atoms with Crippen LogP contribution in [0.3, 0.4) is 0 Å². The molecule has 0 aliphatic carbocycles. The van der Waals surface area contributed by atoms with E-state index >= 15 is 0 Å². The summed E-state index contributed by atoms with van der Waals surface area (Å²) in [6.45, 7) is 0. The zero-order chi connectivity index (χ0) is 15.1. The molecule has 1 heterocycles. The van der Waals surface area contributed by atoms with Crippen LogP contribution in [-0.2, 0) is 4.79 Å². The highest BCUT2D eigenvalue weighted by Gasteiger charge is 2.08. The predicted octanol–water partition coefficient (Wildman–Crippen LogP) is 2.19. The van der Waals surface area contributed by atoms with Gasteiger partial charge in [-0.25, -0.2) is 0 Å². The molecule has 0 bridgehead atoms. The Kier molecular flexibility index (Phi) is 4.62. The van der Waals surface area contributed by atoms with Gasteiger partial charge in [0, 0.05) is 17.4 Å². The van der Waals surface area contributed by atoms with Gasteiger partial charge in [0.05, 0.1) is 18.0 Å². The van der Waals surface area contributed by atoms with Crippen LogP contribution in [0.1, 0.15) is 16.8 Å². The summed E-state index contributed by atoms with van der Waals surface area (Å²) >= 11 is 0. The number of amides is 2. The van der Waals surface area contributed by atoms with Crippen LogP contribution in [0.2, 0.25) is 0 Å². The van der Waals surface area contributed by atoms with Crippen LogP contribution < -0.4 is 10.6 Å². The molecule has 2 aromatic rings. The van der Waals surface area contributed by atoms with E-state index in [4.69, 9.17) is 5.26 Å². The summed E-state index contributed by atoms with van der Waals surface area (Å²) in [5.41, 5.74) is 1.45. The summed E-state index contributed by atoms with van der Waals surface area (Å²) in [4.78, 5) is 27.3. The van der Waals surface area contributed by atoms with Crippen LogP contribution in [0.15, 0.2) is 48.8 Å². The number of hydrogen-bond donors (Lipinski definition) is 2. The minimum atomic E-state index is -0.415. The number of nitrogens with one attached hydrogen (secondary N) is 2. The van der Waals surface area contributed by atoms with Crippen molar-refractivity contribution >= 4 is 23.2 Å². The lowest BCUT2D eigenvalue weighted by molar-refractivity contribution is -0.115. The summed E-state index contributed by atoms with van der Waals surface area (Å²) in [6, 6.07) is 11.7. The molecule has 6 nitrogen and oxygen atoms in total. The number of benzene rings is 1. The number of rotatable bonds is 4. The van der Waals surface area contributed by atoms with E-state index in [2.05, 4.69) is 15.6 Å². The lowest BCUT2D eigenvalue weighted by Gasteiger charge is -2.07. The van der Waals surface area contributed by atoms with Gasteiger partial charge in [0.25, 0.3) is 5.91 Å². The number of carbonyl (C=O) groups excluding carboxylic acids is 2. The molecular formula is C15H12N4O2. The van der Waals surface area contributed by atoms with Crippen molar-refractivity contribution in [1.82, 2.24) is 4.98 Å². The highest BCUT2D eigenvalue weighted by atomic mass is 16.2. The smallest absolute Gasteiger partial charge is 0.255 e. The fourth-order valence-corrected chi connectivity index (χ4v) is 1.66. The number of hydrogen-bond acceptors (Lipinski definition) is 4. The molecule has 0 saturated carbocycles. The summed E-state index contributed by atoms with van der Waals surface area (Å²) < 4.78 is 0. The molecule has 0 radical (unpaired) electrons. The normalized spacial score (nSPS) is 9.48. The summed E-state index contributed by atoms with van der Waals surface area (Å²) in [7, 11) is 0. The quantitative estimate of drug-likeness (QED) is 0.897. The Morgan fingerprint density at radius 1 is 1.14 bits per heavy atom. The van der Waals surface area contributed by atoms with Gasteiger partial charge >= 0.3 is 0 Å². The van der Waals surface area contributed by atoms with Crippen LogP contribution in [0.25, 0.3) is 0 Å². The lowest BCUT2D eigenvalue weighted by atomic mass is 10.2. The number of pyridine rings is 1. The Bertz CT molecular complexity index is 692. The fourth-order valence-electron chi connectivity index (χ4n) is 1.66. The molecule has 1 aromatic heterocycles. The van der Waals surface area contributed by atoms with Crippen molar-refractivity contribution in [3.05, 3.63) is 54.4 Å². The first kappa shape index (κ1) is 14.2. The molecule has 0 unspecified atom stereocenters. The third kappa shape index (κ3) is 4.14. The van der Waals surface area contributed by atoms with E-state index < -0.39 is 5.91 Å². The Balaban J connectivity index is 2.08. The predicted molar refractivity (Wildman–Crippen MR) is 77.5 cm³/mol. The first-order chi connectivity index (χ1) is 10.2. The lowest BCUT2D eigenvalue weighted by Crippen LogP contribution is -2.14. The Morgan fingerprint density at radius 2 is 1.95 bits per heavy atom. The average Bonchev–Trinajstić information content (AvgIpc) is 2.48. The maximum absolute atomic E-state index is 12.1. The molecule has 1 aromatic carbocycles. The van der Waals surface area contributed by atoms with Crippen LogP contribution in [-0.4, -0.2) is 16.8 Å². The highest BCUT2D eigenvalue weighted by molar-refractivity contribution is 6.05. The Morgan fingerprint density at radius 3 is 2.67 bits per heavy atom. The molecule has 21 heavy (non-hydrogen) atoms. The van der Waals surface area contributed by atoms with Crippen LogP contribution in [0, 0.1) is 11.3 Å². The molecule has 2 N–H and O–H groups in total. The SMILES string of the molecule is N#CCC(=O)Nc1cccc(C(=O)Nc2cccnc2)c1. The molecule has 0 aliphatic rings. The monoisotopic (exact) mass is 280 g/mol. The molecule has 0 fully saturated rings. The minimum absolute atomic E-state index is 0.230. The standard InChI is InChI=1S/C15H12N4O2/c16-7-6-14(20)18-12-4-1-3-11(9-12)15(21)19-13-5-2-8-17-10-13/h1-5,8-10H,6H2,(H,18,20)(H,19,21). The van der Waals surface area contributed by atoms with Gasteiger partial charge in [0.1, 0.15) is 6.42 Å². The van der Waals surface area contributed by atoms with Crippen LogP contribution in [0.4, 0.5) is 11.4 Å². The number of carbonyl (C=O) groups is 2. The third-order valence-electron chi connectivity index (χ3n) is 2.57. The molecule has 0 aliphatic heterocycles. The first-order valence-corrected chi connectivity index (χ1v) is 6.17. The van der Waals surface area contributed by atoms with Crippen molar-refractivity contribution in [3.63, 3.8) is 0 Å². The summed E-state index contributed by atoms with van der Waals surface area (Å²) in [6.07, 6.45) is 2.92. The summed E-state index contributed by atoms with van der Waals surface area (Å²) in [5, 5.41) is 13.7. The zero-order valence-electron chi connectivity index (χ0n) is 11.0. The maximum Gasteiger partial charge on any atom is 0.255 e. The molecule has 104 valence electrons. The van der Waals surface area contributed by atoms with E-state index in [1.54, 1.807) is 48.7 Å². The number of nitriles is 1. The Hall–Kier alpha value is -3.20. The first-order valence-electron chi connectivity index (χ1n) is 6.17. The van der Waals surface area contributed by atoms with Crippen molar-refractivity contribution < 1.29 is 9.59 Å². The molecule has 0 saturated heterocycles. The van der Waals surface area contributed by atoms with Gasteiger partial charge in [-0.05, 0) is 30.3 Å². The number of anilines is 2. The van der Waals surface area contributed by atoms with Crippen LogP contribution >= 0.6 is 0 Å². The van der Waals surface area contributed by atoms with E-state index in [0.29, 0.717) is 16.9 Å². The molecule has 0 spiro atoms.